The fraction of sp³-hybridized carbons (Fsp3) is 0. The molecule has 0 radical (unpaired) electrons. The average molecular weight is 274 g/mol. The van der Waals surface area contributed by atoms with Crippen molar-refractivity contribution in [2.75, 3.05) is 5.73 Å². The highest BCUT2D eigenvalue weighted by Gasteiger charge is 2.11. The number of nitrogens with two attached hydrogens (primary N) is 1. The first-order chi connectivity index (χ1) is 9.08. The molecule has 0 aliphatic carbocycles. The molecular formula is C15H12ClNO2. The minimum atomic E-state index is -1.02. The molecule has 0 heterocycles. The molecule has 0 fully saturated rings. The first kappa shape index (κ1) is 13.2. The van der Waals surface area contributed by atoms with E-state index in [1.54, 1.807) is 54.6 Å². The van der Waals surface area contributed by atoms with Gasteiger partial charge in [0.1, 0.15) is 0 Å². The number of nitrogen functional groups attached to an aromatic ring is 1. The maximum absolute atomic E-state index is 11.4. The predicted octanol–water partition coefficient (Wildman–Crippen LogP) is 3.55. The summed E-state index contributed by atoms with van der Waals surface area (Å²) < 4.78 is 0. The molecule has 0 spiro atoms. The standard InChI is InChI=1S/C15H12ClNO2/c16-12-6-3-5-10(8-12)13(15(18)19)9-11-4-1-2-7-14(11)17/h1-9H,17H2,(H,18,19)/b13-9-. The van der Waals surface area contributed by atoms with E-state index in [-0.39, 0.29) is 5.57 Å². The average Bonchev–Trinajstić information content (AvgIpc) is 2.37. The molecule has 0 bridgehead atoms. The molecule has 0 unspecified atom stereocenters. The van der Waals surface area contributed by atoms with Crippen LogP contribution in [-0.2, 0) is 4.79 Å². The number of halogens is 1. The third-order valence-corrected chi connectivity index (χ3v) is 2.90. The number of carboxylic acids is 1. The van der Waals surface area contributed by atoms with E-state index in [1.807, 2.05) is 0 Å². The van der Waals surface area contributed by atoms with Gasteiger partial charge in [0.2, 0.25) is 0 Å². The number of carbonyl (C=O) groups is 1. The summed E-state index contributed by atoms with van der Waals surface area (Å²) >= 11 is 5.88. The van der Waals surface area contributed by atoms with Crippen molar-refractivity contribution in [3.8, 4) is 0 Å². The molecule has 4 heteroatoms. The first-order valence-electron chi connectivity index (χ1n) is 5.63. The zero-order valence-electron chi connectivity index (χ0n) is 10.0. The van der Waals surface area contributed by atoms with Gasteiger partial charge in [0.25, 0.3) is 0 Å². The number of aliphatic carboxylic acids is 1. The quantitative estimate of drug-likeness (QED) is 0.511. The van der Waals surface area contributed by atoms with Gasteiger partial charge >= 0.3 is 5.97 Å². The van der Waals surface area contributed by atoms with Crippen LogP contribution < -0.4 is 5.73 Å². The highest BCUT2D eigenvalue weighted by atomic mass is 35.5. The van der Waals surface area contributed by atoms with Crippen LogP contribution in [0.3, 0.4) is 0 Å². The van der Waals surface area contributed by atoms with Crippen LogP contribution in [0, 0.1) is 0 Å². The Bertz CT molecular complexity index is 650. The highest BCUT2D eigenvalue weighted by Crippen LogP contribution is 2.23. The fourth-order valence-electron chi connectivity index (χ4n) is 1.72. The van der Waals surface area contributed by atoms with E-state index in [0.717, 1.165) is 0 Å². The minimum Gasteiger partial charge on any atom is -0.478 e. The molecule has 3 N–H and O–H groups in total. The molecule has 2 rings (SSSR count). The number of benzene rings is 2. The molecule has 2 aromatic rings. The van der Waals surface area contributed by atoms with Gasteiger partial charge < -0.3 is 10.8 Å². The lowest BCUT2D eigenvalue weighted by atomic mass is 10.0. The summed E-state index contributed by atoms with van der Waals surface area (Å²) in [7, 11) is 0. The van der Waals surface area contributed by atoms with Gasteiger partial charge in [0.05, 0.1) is 5.57 Å². The van der Waals surface area contributed by atoms with E-state index in [4.69, 9.17) is 17.3 Å². The molecular weight excluding hydrogens is 262 g/mol. The van der Waals surface area contributed by atoms with E-state index in [0.29, 0.717) is 21.8 Å². The second kappa shape index (κ2) is 5.59. The van der Waals surface area contributed by atoms with Crippen LogP contribution in [0.4, 0.5) is 5.69 Å². The molecule has 0 atom stereocenters. The van der Waals surface area contributed by atoms with Crippen molar-refractivity contribution in [1.82, 2.24) is 0 Å². The summed E-state index contributed by atoms with van der Waals surface area (Å²) in [6.45, 7) is 0. The lowest BCUT2D eigenvalue weighted by Crippen LogP contribution is -2.00. The Morgan fingerprint density at radius 2 is 1.89 bits per heavy atom. The predicted molar refractivity (Wildman–Crippen MR) is 77.8 cm³/mol. The van der Waals surface area contributed by atoms with Gasteiger partial charge in [-0.1, -0.05) is 41.9 Å². The molecule has 19 heavy (non-hydrogen) atoms. The van der Waals surface area contributed by atoms with Crippen molar-refractivity contribution in [3.05, 3.63) is 64.7 Å². The molecule has 0 saturated carbocycles. The number of hydrogen-bond donors (Lipinski definition) is 2. The smallest absolute Gasteiger partial charge is 0.336 e. The van der Waals surface area contributed by atoms with Crippen LogP contribution in [0.2, 0.25) is 5.02 Å². The van der Waals surface area contributed by atoms with Gasteiger partial charge in [-0.3, -0.25) is 0 Å². The Balaban J connectivity index is 2.53. The Morgan fingerprint density at radius 1 is 1.16 bits per heavy atom. The van der Waals surface area contributed by atoms with E-state index >= 15 is 0 Å². The summed E-state index contributed by atoms with van der Waals surface area (Å²) in [6, 6.07) is 13.8. The zero-order valence-corrected chi connectivity index (χ0v) is 10.8. The minimum absolute atomic E-state index is 0.153. The molecule has 0 aromatic heterocycles. The summed E-state index contributed by atoms with van der Waals surface area (Å²) in [5, 5.41) is 9.81. The van der Waals surface area contributed by atoms with E-state index in [1.165, 1.54) is 0 Å². The van der Waals surface area contributed by atoms with Gasteiger partial charge in [0.15, 0.2) is 0 Å². The Hall–Kier alpha value is -2.26. The van der Waals surface area contributed by atoms with Crippen molar-refractivity contribution in [1.29, 1.82) is 0 Å². The number of rotatable bonds is 3. The van der Waals surface area contributed by atoms with Gasteiger partial charge in [-0.15, -0.1) is 0 Å². The van der Waals surface area contributed by atoms with Crippen LogP contribution >= 0.6 is 11.6 Å². The van der Waals surface area contributed by atoms with Crippen LogP contribution in [0.1, 0.15) is 11.1 Å². The number of carboxylic acid groups (broad SMARTS) is 1. The van der Waals surface area contributed by atoms with E-state index < -0.39 is 5.97 Å². The molecule has 0 amide bonds. The maximum atomic E-state index is 11.4. The Morgan fingerprint density at radius 3 is 2.53 bits per heavy atom. The highest BCUT2D eigenvalue weighted by molar-refractivity contribution is 6.31. The largest absolute Gasteiger partial charge is 0.478 e. The summed E-state index contributed by atoms with van der Waals surface area (Å²) in [5.74, 6) is -1.02. The Labute approximate surface area is 115 Å². The van der Waals surface area contributed by atoms with Gasteiger partial charge in [0, 0.05) is 10.7 Å². The zero-order chi connectivity index (χ0) is 13.8. The van der Waals surface area contributed by atoms with Crippen molar-refractivity contribution >= 4 is 34.9 Å². The van der Waals surface area contributed by atoms with Crippen molar-refractivity contribution in [2.24, 2.45) is 0 Å². The topological polar surface area (TPSA) is 63.3 Å². The van der Waals surface area contributed by atoms with E-state index in [9.17, 15) is 9.90 Å². The molecule has 0 saturated heterocycles. The van der Waals surface area contributed by atoms with Crippen LogP contribution in [0.25, 0.3) is 11.6 Å². The van der Waals surface area contributed by atoms with Gasteiger partial charge in [-0.25, -0.2) is 4.79 Å². The molecule has 2 aromatic carbocycles. The van der Waals surface area contributed by atoms with E-state index in [2.05, 4.69) is 0 Å². The lowest BCUT2D eigenvalue weighted by molar-refractivity contribution is -0.130. The SMILES string of the molecule is Nc1ccccc1/C=C(\C(=O)O)c1cccc(Cl)c1. The second-order valence-corrected chi connectivity index (χ2v) is 4.44. The molecule has 3 nitrogen and oxygen atoms in total. The van der Waals surface area contributed by atoms with Crippen LogP contribution in [0.5, 0.6) is 0 Å². The third kappa shape index (κ3) is 3.14. The van der Waals surface area contributed by atoms with Gasteiger partial charge in [-0.2, -0.15) is 0 Å². The normalized spacial score (nSPS) is 11.3. The Kier molecular flexibility index (Phi) is 3.88. The molecule has 96 valence electrons. The van der Waals surface area contributed by atoms with Crippen molar-refractivity contribution in [3.63, 3.8) is 0 Å². The van der Waals surface area contributed by atoms with Crippen molar-refractivity contribution in [2.45, 2.75) is 0 Å². The maximum Gasteiger partial charge on any atom is 0.336 e. The van der Waals surface area contributed by atoms with Crippen molar-refractivity contribution < 1.29 is 9.90 Å². The molecule has 0 aliphatic rings. The third-order valence-electron chi connectivity index (χ3n) is 2.66. The summed E-state index contributed by atoms with van der Waals surface area (Å²) in [5.41, 5.74) is 7.71. The second-order valence-electron chi connectivity index (χ2n) is 4.00. The van der Waals surface area contributed by atoms with Gasteiger partial charge in [-0.05, 0) is 35.4 Å². The number of hydrogen-bond acceptors (Lipinski definition) is 2. The lowest BCUT2D eigenvalue weighted by Gasteiger charge is -2.05. The monoisotopic (exact) mass is 273 g/mol. The summed E-state index contributed by atoms with van der Waals surface area (Å²) in [4.78, 5) is 11.4. The first-order valence-corrected chi connectivity index (χ1v) is 6.01. The summed E-state index contributed by atoms with van der Waals surface area (Å²) in [6.07, 6.45) is 1.54. The van der Waals surface area contributed by atoms with Crippen LogP contribution in [-0.4, -0.2) is 11.1 Å². The fourth-order valence-corrected chi connectivity index (χ4v) is 1.91. The van der Waals surface area contributed by atoms with Crippen LogP contribution in [0.15, 0.2) is 48.5 Å². The number of anilines is 1. The number of para-hydroxylation sites is 1. The molecule has 0 aliphatic heterocycles.